The third kappa shape index (κ3) is 3.81. The van der Waals surface area contributed by atoms with Crippen LogP contribution in [0.4, 0.5) is 0 Å². The molecular weight excluding hydrogens is 385 g/mol. The van der Waals surface area contributed by atoms with Gasteiger partial charge in [0.1, 0.15) is 23.8 Å². The summed E-state index contributed by atoms with van der Waals surface area (Å²) in [6.45, 7) is 1.38. The van der Waals surface area contributed by atoms with Crippen molar-refractivity contribution in [3.8, 4) is 0 Å². The van der Waals surface area contributed by atoms with Gasteiger partial charge in [-0.3, -0.25) is 4.79 Å². The van der Waals surface area contributed by atoms with Gasteiger partial charge in [-0.15, -0.1) is 11.8 Å². The highest BCUT2D eigenvalue weighted by Gasteiger charge is 2.43. The number of benzene rings is 1. The molecule has 3 rings (SSSR count). The average molecular weight is 400 g/mol. The van der Waals surface area contributed by atoms with Gasteiger partial charge in [0.15, 0.2) is 0 Å². The summed E-state index contributed by atoms with van der Waals surface area (Å²) in [7, 11) is 0. The number of hydrogen-bond donors (Lipinski definition) is 0. The second-order valence-corrected chi connectivity index (χ2v) is 7.38. The normalized spacial score (nSPS) is 19.9. The lowest BCUT2D eigenvalue weighted by Gasteiger charge is -2.25. The SMILES string of the molecule is CC(=O)N1[C@@H](C(=O)OCc2c(Cl)cccc2Cl)CS[C@H]1c1ccco1. The number of hydrogen-bond acceptors (Lipinski definition) is 5. The molecular formula is C17H15Cl2NO4S. The zero-order valence-corrected chi connectivity index (χ0v) is 15.6. The first-order valence-electron chi connectivity index (χ1n) is 7.52. The highest BCUT2D eigenvalue weighted by Crippen LogP contribution is 2.42. The summed E-state index contributed by atoms with van der Waals surface area (Å²) in [6, 6.07) is 7.92. The minimum Gasteiger partial charge on any atom is -0.466 e. The molecule has 0 unspecified atom stereocenters. The Bertz CT molecular complexity index is 761. The van der Waals surface area contributed by atoms with E-state index >= 15 is 0 Å². The smallest absolute Gasteiger partial charge is 0.330 e. The molecule has 132 valence electrons. The van der Waals surface area contributed by atoms with E-state index in [1.54, 1.807) is 36.6 Å². The van der Waals surface area contributed by atoms with Crippen molar-refractivity contribution in [1.82, 2.24) is 4.90 Å². The van der Waals surface area contributed by atoms with Gasteiger partial charge in [-0.05, 0) is 24.3 Å². The molecule has 0 bridgehead atoms. The van der Waals surface area contributed by atoms with Crippen molar-refractivity contribution < 1.29 is 18.7 Å². The summed E-state index contributed by atoms with van der Waals surface area (Å²) in [6.07, 6.45) is 1.54. The Morgan fingerprint density at radius 3 is 2.60 bits per heavy atom. The van der Waals surface area contributed by atoms with Crippen LogP contribution in [0.1, 0.15) is 23.6 Å². The van der Waals surface area contributed by atoms with Gasteiger partial charge in [0, 0.05) is 28.3 Å². The molecule has 1 aromatic heterocycles. The van der Waals surface area contributed by atoms with Gasteiger partial charge in [-0.25, -0.2) is 4.79 Å². The van der Waals surface area contributed by atoms with E-state index in [1.807, 2.05) is 0 Å². The molecule has 1 aliphatic heterocycles. The van der Waals surface area contributed by atoms with Crippen LogP contribution < -0.4 is 0 Å². The number of carbonyl (C=O) groups is 2. The minimum atomic E-state index is -0.682. The molecule has 0 N–H and O–H groups in total. The van der Waals surface area contributed by atoms with Crippen LogP contribution in [0.15, 0.2) is 41.0 Å². The van der Waals surface area contributed by atoms with Gasteiger partial charge >= 0.3 is 5.97 Å². The molecule has 2 atom stereocenters. The fourth-order valence-electron chi connectivity index (χ4n) is 2.63. The van der Waals surface area contributed by atoms with Crippen LogP contribution in [-0.4, -0.2) is 28.6 Å². The quantitative estimate of drug-likeness (QED) is 0.717. The number of ether oxygens (including phenoxy) is 1. The average Bonchev–Trinajstić information content (AvgIpc) is 3.23. The van der Waals surface area contributed by atoms with Gasteiger partial charge in [0.25, 0.3) is 0 Å². The molecule has 1 aliphatic rings. The zero-order valence-electron chi connectivity index (χ0n) is 13.3. The van der Waals surface area contributed by atoms with Crippen LogP contribution in [-0.2, 0) is 20.9 Å². The van der Waals surface area contributed by atoms with Crippen molar-refractivity contribution in [2.75, 3.05) is 5.75 Å². The van der Waals surface area contributed by atoms with Crippen LogP contribution in [0.3, 0.4) is 0 Å². The van der Waals surface area contributed by atoms with E-state index in [2.05, 4.69) is 0 Å². The molecule has 0 saturated carbocycles. The maximum atomic E-state index is 12.5. The number of rotatable bonds is 4. The number of carbonyl (C=O) groups excluding carboxylic acids is 2. The third-order valence-electron chi connectivity index (χ3n) is 3.84. The first-order valence-corrected chi connectivity index (χ1v) is 9.33. The lowest BCUT2D eigenvalue weighted by Crippen LogP contribution is -2.42. The van der Waals surface area contributed by atoms with Gasteiger partial charge < -0.3 is 14.1 Å². The van der Waals surface area contributed by atoms with Crippen molar-refractivity contribution in [2.24, 2.45) is 0 Å². The number of halogens is 2. The molecule has 25 heavy (non-hydrogen) atoms. The van der Waals surface area contributed by atoms with Crippen molar-refractivity contribution in [2.45, 2.75) is 24.9 Å². The van der Waals surface area contributed by atoms with Crippen LogP contribution >= 0.6 is 35.0 Å². The Morgan fingerprint density at radius 2 is 2.00 bits per heavy atom. The van der Waals surface area contributed by atoms with E-state index < -0.39 is 12.0 Å². The van der Waals surface area contributed by atoms with Crippen LogP contribution in [0.25, 0.3) is 0 Å². The summed E-state index contributed by atoms with van der Waals surface area (Å²) in [5.74, 6) is 0.349. The molecule has 1 amide bonds. The molecule has 1 aromatic carbocycles. The second-order valence-electron chi connectivity index (χ2n) is 5.45. The summed E-state index contributed by atoms with van der Waals surface area (Å²) in [4.78, 5) is 26.1. The maximum absolute atomic E-state index is 12.5. The standard InChI is InChI=1S/C17H15Cl2NO4S/c1-10(21)20-14(9-25-16(20)15-6-3-7-23-15)17(22)24-8-11-12(18)4-2-5-13(11)19/h2-7,14,16H,8-9H2,1H3/t14-,16+/m1/s1. The molecule has 5 nitrogen and oxygen atoms in total. The van der Waals surface area contributed by atoms with Crippen molar-refractivity contribution in [3.63, 3.8) is 0 Å². The van der Waals surface area contributed by atoms with E-state index in [1.165, 1.54) is 23.6 Å². The fourth-order valence-corrected chi connectivity index (χ4v) is 4.56. The Kier molecular flexibility index (Phi) is 5.61. The Hall–Kier alpha value is -1.63. The predicted molar refractivity (Wildman–Crippen MR) is 96.5 cm³/mol. The second kappa shape index (κ2) is 7.72. The topological polar surface area (TPSA) is 59.8 Å². The van der Waals surface area contributed by atoms with Gasteiger partial charge in [-0.2, -0.15) is 0 Å². The Morgan fingerprint density at radius 1 is 1.28 bits per heavy atom. The van der Waals surface area contributed by atoms with Crippen molar-refractivity contribution in [1.29, 1.82) is 0 Å². The minimum absolute atomic E-state index is 0.0460. The molecule has 1 saturated heterocycles. The number of nitrogens with zero attached hydrogens (tertiary/aromatic N) is 1. The monoisotopic (exact) mass is 399 g/mol. The lowest BCUT2D eigenvalue weighted by molar-refractivity contribution is -0.154. The van der Waals surface area contributed by atoms with E-state index in [0.717, 1.165) is 0 Å². The molecule has 1 fully saturated rings. The largest absolute Gasteiger partial charge is 0.466 e. The van der Waals surface area contributed by atoms with E-state index in [-0.39, 0.29) is 17.9 Å². The number of thioether (sulfide) groups is 1. The maximum Gasteiger partial charge on any atom is 0.330 e. The summed E-state index contributed by atoms with van der Waals surface area (Å²) < 4.78 is 10.8. The highest BCUT2D eigenvalue weighted by atomic mass is 35.5. The molecule has 0 radical (unpaired) electrons. The van der Waals surface area contributed by atoms with E-state index in [9.17, 15) is 9.59 Å². The summed E-state index contributed by atoms with van der Waals surface area (Å²) in [5.41, 5.74) is 0.543. The van der Waals surface area contributed by atoms with Gasteiger partial charge in [0.05, 0.1) is 6.26 Å². The Labute approximate surface area is 159 Å². The number of esters is 1. The highest BCUT2D eigenvalue weighted by molar-refractivity contribution is 7.99. The molecule has 2 aromatic rings. The van der Waals surface area contributed by atoms with Crippen LogP contribution in [0.5, 0.6) is 0 Å². The molecule has 2 heterocycles. The first kappa shape index (κ1) is 18.2. The van der Waals surface area contributed by atoms with Crippen LogP contribution in [0, 0.1) is 0 Å². The zero-order chi connectivity index (χ0) is 18.0. The summed E-state index contributed by atoms with van der Waals surface area (Å²) in [5, 5.41) is 0.518. The van der Waals surface area contributed by atoms with Gasteiger partial charge in [0.2, 0.25) is 5.91 Å². The summed E-state index contributed by atoms with van der Waals surface area (Å²) >= 11 is 13.6. The van der Waals surface area contributed by atoms with Crippen LogP contribution in [0.2, 0.25) is 10.0 Å². The number of furan rings is 1. The van der Waals surface area contributed by atoms with E-state index in [4.69, 9.17) is 32.4 Å². The van der Waals surface area contributed by atoms with Crippen molar-refractivity contribution in [3.05, 3.63) is 58.0 Å². The van der Waals surface area contributed by atoms with Crippen molar-refractivity contribution >= 4 is 46.8 Å². The Balaban J connectivity index is 1.72. The molecule has 0 aliphatic carbocycles. The fraction of sp³-hybridized carbons (Fsp3) is 0.294. The molecule has 8 heteroatoms. The van der Waals surface area contributed by atoms with Gasteiger partial charge in [-0.1, -0.05) is 29.3 Å². The first-order chi connectivity index (χ1) is 12.0. The van der Waals surface area contributed by atoms with E-state index in [0.29, 0.717) is 27.1 Å². The molecule has 0 spiro atoms. The number of amides is 1. The predicted octanol–water partition coefficient (Wildman–Crippen LogP) is 4.29. The third-order valence-corrected chi connectivity index (χ3v) is 5.83. The lowest BCUT2D eigenvalue weighted by atomic mass is 10.2.